The number of hydrogen-bond acceptors (Lipinski definition) is 3. The van der Waals surface area contributed by atoms with E-state index >= 15 is 0 Å². The van der Waals surface area contributed by atoms with Gasteiger partial charge in [0.15, 0.2) is 0 Å². The molecule has 1 aromatic rings. The van der Waals surface area contributed by atoms with Crippen molar-refractivity contribution in [2.45, 2.75) is 25.2 Å². The maximum absolute atomic E-state index is 13.7. The summed E-state index contributed by atoms with van der Waals surface area (Å²) < 4.78 is 36.1. The highest BCUT2D eigenvalue weighted by Crippen LogP contribution is 2.20. The van der Waals surface area contributed by atoms with Crippen molar-refractivity contribution in [3.8, 4) is 0 Å². The Morgan fingerprint density at radius 3 is 2.50 bits per heavy atom. The molecule has 0 aliphatic heterocycles. The molecule has 0 aliphatic rings. The van der Waals surface area contributed by atoms with E-state index in [1.807, 2.05) is 13.8 Å². The number of amides is 1. The maximum Gasteiger partial charge on any atom is 0.261 e. The van der Waals surface area contributed by atoms with E-state index in [9.17, 15) is 17.6 Å². The topological polar surface area (TPSA) is 54.5 Å². The average Bonchev–Trinajstić information content (AvgIpc) is 2.34. The van der Waals surface area contributed by atoms with Gasteiger partial charge in [-0.25, -0.2) is 12.8 Å². The standard InChI is InChI=1S/C13H17ClFNO3S/c1-9(2)6-7-16(3)13(17)11-8-10(20(14,18)19)4-5-12(11)15/h4-5,8-9H,6-7H2,1-3H3. The van der Waals surface area contributed by atoms with Crippen LogP contribution in [-0.4, -0.2) is 32.8 Å². The summed E-state index contributed by atoms with van der Waals surface area (Å²) in [5.74, 6) is -0.926. The lowest BCUT2D eigenvalue weighted by atomic mass is 10.1. The number of hydrogen-bond donors (Lipinski definition) is 0. The van der Waals surface area contributed by atoms with Crippen molar-refractivity contribution in [1.82, 2.24) is 4.90 Å². The predicted molar refractivity (Wildman–Crippen MR) is 75.9 cm³/mol. The van der Waals surface area contributed by atoms with Crippen molar-refractivity contribution in [3.63, 3.8) is 0 Å². The van der Waals surface area contributed by atoms with E-state index in [0.29, 0.717) is 12.5 Å². The highest BCUT2D eigenvalue weighted by Gasteiger charge is 2.20. The van der Waals surface area contributed by atoms with Crippen LogP contribution in [0.2, 0.25) is 0 Å². The summed E-state index contributed by atoms with van der Waals surface area (Å²) in [6.45, 7) is 4.49. The zero-order valence-corrected chi connectivity index (χ0v) is 13.1. The van der Waals surface area contributed by atoms with E-state index in [0.717, 1.165) is 24.6 Å². The van der Waals surface area contributed by atoms with Gasteiger partial charge in [-0.3, -0.25) is 4.79 Å². The fourth-order valence-electron chi connectivity index (χ4n) is 1.58. The van der Waals surface area contributed by atoms with Crippen molar-refractivity contribution in [2.24, 2.45) is 5.92 Å². The first kappa shape index (κ1) is 16.9. The van der Waals surface area contributed by atoms with Crippen LogP contribution in [0.25, 0.3) is 0 Å². The van der Waals surface area contributed by atoms with Crippen LogP contribution in [0.1, 0.15) is 30.6 Å². The Kier molecular flexibility index (Phi) is 5.53. The summed E-state index contributed by atoms with van der Waals surface area (Å²) in [6, 6.07) is 2.92. The Bertz CT molecular complexity index is 602. The molecule has 0 unspecified atom stereocenters. The first-order chi connectivity index (χ1) is 9.12. The van der Waals surface area contributed by atoms with E-state index in [-0.39, 0.29) is 10.5 Å². The van der Waals surface area contributed by atoms with E-state index in [2.05, 4.69) is 0 Å². The minimum absolute atomic E-state index is 0.291. The Morgan fingerprint density at radius 1 is 1.40 bits per heavy atom. The van der Waals surface area contributed by atoms with Crippen molar-refractivity contribution >= 4 is 25.6 Å². The molecular formula is C13H17ClFNO3S. The number of carbonyl (C=O) groups excluding carboxylic acids is 1. The number of halogens is 2. The van der Waals surface area contributed by atoms with Crippen LogP contribution in [-0.2, 0) is 9.05 Å². The molecule has 0 aromatic heterocycles. The molecule has 1 amide bonds. The smallest absolute Gasteiger partial charge is 0.261 e. The van der Waals surface area contributed by atoms with Crippen LogP contribution in [0.5, 0.6) is 0 Å². The Labute approximate surface area is 123 Å². The van der Waals surface area contributed by atoms with E-state index in [1.165, 1.54) is 4.90 Å². The molecule has 0 aliphatic carbocycles. The quantitative estimate of drug-likeness (QED) is 0.784. The van der Waals surface area contributed by atoms with Gasteiger partial charge in [-0.2, -0.15) is 0 Å². The minimum Gasteiger partial charge on any atom is -0.342 e. The van der Waals surface area contributed by atoms with Crippen LogP contribution >= 0.6 is 10.7 Å². The highest BCUT2D eigenvalue weighted by atomic mass is 35.7. The van der Waals surface area contributed by atoms with Crippen molar-refractivity contribution in [3.05, 3.63) is 29.6 Å². The van der Waals surface area contributed by atoms with Gasteiger partial charge in [-0.15, -0.1) is 0 Å². The molecule has 20 heavy (non-hydrogen) atoms. The van der Waals surface area contributed by atoms with Gasteiger partial charge < -0.3 is 4.90 Å². The molecule has 0 saturated carbocycles. The molecule has 0 atom stereocenters. The number of rotatable bonds is 5. The third-order valence-corrected chi connectivity index (χ3v) is 4.19. The zero-order valence-electron chi connectivity index (χ0n) is 11.6. The summed E-state index contributed by atoms with van der Waals surface area (Å²) in [5.41, 5.74) is -0.294. The zero-order chi connectivity index (χ0) is 15.5. The average molecular weight is 322 g/mol. The fourth-order valence-corrected chi connectivity index (χ4v) is 2.36. The van der Waals surface area contributed by atoms with Crippen LogP contribution in [0.15, 0.2) is 23.1 Å². The van der Waals surface area contributed by atoms with Gasteiger partial charge in [-0.05, 0) is 30.5 Å². The van der Waals surface area contributed by atoms with E-state index in [4.69, 9.17) is 10.7 Å². The number of carbonyl (C=O) groups is 1. The highest BCUT2D eigenvalue weighted by molar-refractivity contribution is 8.13. The molecule has 0 bridgehead atoms. The second kappa shape index (κ2) is 6.54. The maximum atomic E-state index is 13.7. The lowest BCUT2D eigenvalue weighted by Crippen LogP contribution is -2.29. The lowest BCUT2D eigenvalue weighted by Gasteiger charge is -2.18. The molecule has 7 heteroatoms. The summed E-state index contributed by atoms with van der Waals surface area (Å²) in [5, 5.41) is 0. The second-order valence-corrected chi connectivity index (χ2v) is 7.55. The molecule has 0 radical (unpaired) electrons. The summed E-state index contributed by atoms with van der Waals surface area (Å²) in [4.78, 5) is 13.2. The Morgan fingerprint density at radius 2 is 2.00 bits per heavy atom. The van der Waals surface area contributed by atoms with Crippen molar-refractivity contribution in [2.75, 3.05) is 13.6 Å². The third kappa shape index (κ3) is 4.45. The largest absolute Gasteiger partial charge is 0.342 e. The van der Waals surface area contributed by atoms with Crippen LogP contribution < -0.4 is 0 Å². The monoisotopic (exact) mass is 321 g/mol. The van der Waals surface area contributed by atoms with E-state index < -0.39 is 20.8 Å². The number of benzene rings is 1. The fraction of sp³-hybridized carbons (Fsp3) is 0.462. The molecule has 112 valence electrons. The van der Waals surface area contributed by atoms with Crippen LogP contribution in [0, 0.1) is 11.7 Å². The van der Waals surface area contributed by atoms with Gasteiger partial charge in [0.25, 0.3) is 15.0 Å². The molecule has 0 spiro atoms. The number of nitrogens with zero attached hydrogens (tertiary/aromatic N) is 1. The van der Waals surface area contributed by atoms with Gasteiger partial charge in [0.05, 0.1) is 10.5 Å². The first-order valence-electron chi connectivity index (χ1n) is 6.12. The second-order valence-electron chi connectivity index (χ2n) is 4.99. The lowest BCUT2D eigenvalue weighted by molar-refractivity contribution is 0.0784. The van der Waals surface area contributed by atoms with Crippen molar-refractivity contribution in [1.29, 1.82) is 0 Å². The Hall–Kier alpha value is -1.14. The third-order valence-electron chi connectivity index (χ3n) is 2.84. The molecule has 0 heterocycles. The van der Waals surface area contributed by atoms with Gasteiger partial charge >= 0.3 is 0 Å². The van der Waals surface area contributed by atoms with Gasteiger partial charge in [0.2, 0.25) is 0 Å². The van der Waals surface area contributed by atoms with Gasteiger partial charge in [-0.1, -0.05) is 13.8 Å². The molecule has 0 fully saturated rings. The normalized spacial score (nSPS) is 11.7. The molecule has 0 N–H and O–H groups in total. The van der Waals surface area contributed by atoms with Crippen LogP contribution in [0.4, 0.5) is 4.39 Å². The van der Waals surface area contributed by atoms with E-state index in [1.54, 1.807) is 7.05 Å². The van der Waals surface area contributed by atoms with Gasteiger partial charge in [0.1, 0.15) is 5.82 Å². The molecular weight excluding hydrogens is 305 g/mol. The summed E-state index contributed by atoms with van der Waals surface area (Å²) in [7, 11) is 2.75. The SMILES string of the molecule is CC(C)CCN(C)C(=O)c1cc(S(=O)(=O)Cl)ccc1F. The Balaban J connectivity index is 3.03. The summed E-state index contributed by atoms with van der Waals surface area (Å²) >= 11 is 0. The molecule has 1 rings (SSSR count). The minimum atomic E-state index is -3.99. The predicted octanol–water partition coefficient (Wildman–Crippen LogP) is 2.87. The summed E-state index contributed by atoms with van der Waals surface area (Å²) in [6.07, 6.45) is 0.775. The molecule has 0 saturated heterocycles. The molecule has 1 aromatic carbocycles. The van der Waals surface area contributed by atoms with Crippen LogP contribution in [0.3, 0.4) is 0 Å². The first-order valence-corrected chi connectivity index (χ1v) is 8.43. The molecule has 4 nitrogen and oxygen atoms in total. The van der Waals surface area contributed by atoms with Gasteiger partial charge in [0, 0.05) is 24.3 Å². The van der Waals surface area contributed by atoms with Crippen molar-refractivity contribution < 1.29 is 17.6 Å².